The van der Waals surface area contributed by atoms with Gasteiger partial charge in [-0.2, -0.15) is 5.10 Å². The largest absolute Gasteiger partial charge is 0.233 e. The fourth-order valence-electron chi connectivity index (χ4n) is 2.60. The molecule has 0 radical (unpaired) electrons. The van der Waals surface area contributed by atoms with Crippen molar-refractivity contribution in [3.05, 3.63) is 71.4 Å². The molecule has 0 unspecified atom stereocenters. The van der Waals surface area contributed by atoms with Crippen LogP contribution >= 0.6 is 0 Å². The molecule has 0 amide bonds. The molecular weight excluding hydrogens is 244 g/mol. The van der Waals surface area contributed by atoms with E-state index in [9.17, 15) is 0 Å². The maximum absolute atomic E-state index is 4.49. The zero-order valence-electron chi connectivity index (χ0n) is 12.1. The van der Waals surface area contributed by atoms with E-state index in [1.165, 1.54) is 22.3 Å². The SMILES string of the molecule is Cc1ccc(-n2nccc2-c2c(C)cccc2C)cc1. The Morgan fingerprint density at radius 2 is 1.45 bits per heavy atom. The third-order valence-corrected chi connectivity index (χ3v) is 3.66. The first-order valence-electron chi connectivity index (χ1n) is 6.84. The molecule has 0 fully saturated rings. The topological polar surface area (TPSA) is 17.8 Å². The number of benzene rings is 2. The van der Waals surface area contributed by atoms with Gasteiger partial charge >= 0.3 is 0 Å². The predicted molar refractivity (Wildman–Crippen MR) is 83.2 cm³/mol. The van der Waals surface area contributed by atoms with E-state index >= 15 is 0 Å². The van der Waals surface area contributed by atoms with E-state index in [2.05, 4.69) is 74.4 Å². The summed E-state index contributed by atoms with van der Waals surface area (Å²) in [5, 5.41) is 4.49. The van der Waals surface area contributed by atoms with E-state index in [1.807, 2.05) is 10.9 Å². The molecule has 0 aliphatic heterocycles. The van der Waals surface area contributed by atoms with Crippen LogP contribution in [0.15, 0.2) is 54.7 Å². The van der Waals surface area contributed by atoms with Crippen LogP contribution in [0.4, 0.5) is 0 Å². The van der Waals surface area contributed by atoms with E-state index < -0.39 is 0 Å². The van der Waals surface area contributed by atoms with Crippen LogP contribution in [-0.4, -0.2) is 9.78 Å². The minimum Gasteiger partial charge on any atom is -0.233 e. The average molecular weight is 262 g/mol. The second-order valence-electron chi connectivity index (χ2n) is 5.23. The van der Waals surface area contributed by atoms with Crippen molar-refractivity contribution in [2.45, 2.75) is 20.8 Å². The van der Waals surface area contributed by atoms with E-state index in [0.29, 0.717) is 0 Å². The summed E-state index contributed by atoms with van der Waals surface area (Å²) in [7, 11) is 0. The van der Waals surface area contributed by atoms with Crippen LogP contribution in [-0.2, 0) is 0 Å². The van der Waals surface area contributed by atoms with Gasteiger partial charge in [0.2, 0.25) is 0 Å². The molecule has 0 saturated heterocycles. The summed E-state index contributed by atoms with van der Waals surface area (Å²) in [5.74, 6) is 0. The number of aryl methyl sites for hydroxylation is 3. The van der Waals surface area contributed by atoms with Gasteiger partial charge in [0.05, 0.1) is 17.6 Å². The van der Waals surface area contributed by atoms with Crippen LogP contribution in [0.3, 0.4) is 0 Å². The van der Waals surface area contributed by atoms with Crippen LogP contribution in [0, 0.1) is 20.8 Å². The van der Waals surface area contributed by atoms with Crippen molar-refractivity contribution in [1.29, 1.82) is 0 Å². The molecule has 1 heterocycles. The van der Waals surface area contributed by atoms with Crippen molar-refractivity contribution in [2.75, 3.05) is 0 Å². The molecule has 100 valence electrons. The van der Waals surface area contributed by atoms with E-state index in [-0.39, 0.29) is 0 Å². The summed E-state index contributed by atoms with van der Waals surface area (Å²) < 4.78 is 2.01. The zero-order valence-corrected chi connectivity index (χ0v) is 12.1. The molecule has 0 saturated carbocycles. The number of aromatic nitrogens is 2. The van der Waals surface area contributed by atoms with Crippen molar-refractivity contribution >= 4 is 0 Å². The Bertz CT molecular complexity index is 716. The smallest absolute Gasteiger partial charge is 0.0746 e. The lowest BCUT2D eigenvalue weighted by Gasteiger charge is -2.12. The number of hydrogen-bond donors (Lipinski definition) is 0. The minimum absolute atomic E-state index is 1.10. The van der Waals surface area contributed by atoms with E-state index in [4.69, 9.17) is 0 Å². The van der Waals surface area contributed by atoms with E-state index in [1.54, 1.807) is 0 Å². The van der Waals surface area contributed by atoms with Crippen molar-refractivity contribution in [1.82, 2.24) is 9.78 Å². The Hall–Kier alpha value is -2.35. The van der Waals surface area contributed by atoms with Crippen molar-refractivity contribution in [2.24, 2.45) is 0 Å². The first kappa shape index (κ1) is 12.7. The molecule has 0 atom stereocenters. The van der Waals surface area contributed by atoms with Crippen molar-refractivity contribution in [3.8, 4) is 16.9 Å². The Balaban J connectivity index is 2.18. The quantitative estimate of drug-likeness (QED) is 0.666. The van der Waals surface area contributed by atoms with E-state index in [0.717, 1.165) is 11.4 Å². The van der Waals surface area contributed by atoms with Gasteiger partial charge < -0.3 is 0 Å². The Kier molecular flexibility index (Phi) is 3.15. The van der Waals surface area contributed by atoms with Gasteiger partial charge in [0.25, 0.3) is 0 Å². The summed E-state index contributed by atoms with van der Waals surface area (Å²) in [4.78, 5) is 0. The molecule has 20 heavy (non-hydrogen) atoms. The zero-order chi connectivity index (χ0) is 14.1. The van der Waals surface area contributed by atoms with Gasteiger partial charge in [0, 0.05) is 5.56 Å². The molecule has 1 aromatic heterocycles. The molecule has 0 N–H and O–H groups in total. The Morgan fingerprint density at radius 1 is 0.800 bits per heavy atom. The van der Waals surface area contributed by atoms with Crippen LogP contribution in [0.25, 0.3) is 16.9 Å². The number of nitrogens with zero attached hydrogens (tertiary/aromatic N) is 2. The summed E-state index contributed by atoms with van der Waals surface area (Å²) in [6.07, 6.45) is 1.86. The second kappa shape index (κ2) is 4.97. The lowest BCUT2D eigenvalue weighted by Crippen LogP contribution is -2.00. The Labute approximate surface area is 119 Å². The normalized spacial score (nSPS) is 10.8. The van der Waals surface area contributed by atoms with Crippen LogP contribution in [0.2, 0.25) is 0 Å². The maximum atomic E-state index is 4.49. The molecule has 3 rings (SSSR count). The summed E-state index contributed by atoms with van der Waals surface area (Å²) in [5.41, 5.74) is 7.32. The monoisotopic (exact) mass is 262 g/mol. The van der Waals surface area contributed by atoms with Gasteiger partial charge in [-0.1, -0.05) is 35.9 Å². The first-order chi connectivity index (χ1) is 9.66. The molecular formula is C18H18N2. The molecule has 0 spiro atoms. The third kappa shape index (κ3) is 2.14. The molecule has 2 nitrogen and oxygen atoms in total. The summed E-state index contributed by atoms with van der Waals surface area (Å²) in [6, 6.07) is 16.9. The number of hydrogen-bond acceptors (Lipinski definition) is 1. The molecule has 0 bridgehead atoms. The highest BCUT2D eigenvalue weighted by molar-refractivity contribution is 5.69. The van der Waals surface area contributed by atoms with Crippen LogP contribution in [0.5, 0.6) is 0 Å². The van der Waals surface area contributed by atoms with Crippen molar-refractivity contribution in [3.63, 3.8) is 0 Å². The summed E-state index contributed by atoms with van der Waals surface area (Å²) in [6.45, 7) is 6.39. The van der Waals surface area contributed by atoms with Gasteiger partial charge in [0.1, 0.15) is 0 Å². The molecule has 0 aliphatic rings. The molecule has 2 aromatic carbocycles. The highest BCUT2D eigenvalue weighted by Crippen LogP contribution is 2.28. The highest BCUT2D eigenvalue weighted by atomic mass is 15.3. The summed E-state index contributed by atoms with van der Waals surface area (Å²) >= 11 is 0. The van der Waals surface area contributed by atoms with Crippen LogP contribution < -0.4 is 0 Å². The van der Waals surface area contributed by atoms with Gasteiger partial charge in [0.15, 0.2) is 0 Å². The number of rotatable bonds is 2. The second-order valence-corrected chi connectivity index (χ2v) is 5.23. The predicted octanol–water partition coefficient (Wildman–Crippen LogP) is 4.46. The van der Waals surface area contributed by atoms with Gasteiger partial charge in [-0.3, -0.25) is 0 Å². The average Bonchev–Trinajstić information content (AvgIpc) is 2.88. The molecule has 2 heteroatoms. The van der Waals surface area contributed by atoms with Gasteiger partial charge in [-0.15, -0.1) is 0 Å². The highest BCUT2D eigenvalue weighted by Gasteiger charge is 2.11. The lowest BCUT2D eigenvalue weighted by molar-refractivity contribution is 0.885. The van der Waals surface area contributed by atoms with Gasteiger partial charge in [-0.05, 0) is 50.1 Å². The fourth-order valence-corrected chi connectivity index (χ4v) is 2.60. The molecule has 0 aliphatic carbocycles. The third-order valence-electron chi connectivity index (χ3n) is 3.66. The molecule has 3 aromatic rings. The van der Waals surface area contributed by atoms with Crippen molar-refractivity contribution < 1.29 is 0 Å². The first-order valence-corrected chi connectivity index (χ1v) is 6.84. The van der Waals surface area contributed by atoms with Gasteiger partial charge in [-0.25, -0.2) is 4.68 Å². The minimum atomic E-state index is 1.10. The lowest BCUT2D eigenvalue weighted by atomic mass is 10.00. The van der Waals surface area contributed by atoms with Crippen LogP contribution in [0.1, 0.15) is 16.7 Å². The fraction of sp³-hybridized carbons (Fsp3) is 0.167. The maximum Gasteiger partial charge on any atom is 0.0746 e. The Morgan fingerprint density at radius 3 is 2.10 bits per heavy atom. The standard InChI is InChI=1S/C18H18N2/c1-13-7-9-16(10-8-13)20-17(11-12-19-20)18-14(2)5-4-6-15(18)3/h4-12H,1-3H3.